The number of carbonyl (C=O) groups is 1. The Labute approximate surface area is 166 Å². The van der Waals surface area contributed by atoms with Gasteiger partial charge in [-0.2, -0.15) is 0 Å². The molecule has 0 aliphatic carbocycles. The maximum absolute atomic E-state index is 12.8. The number of pyridine rings is 1. The number of aryl methyl sites for hydroxylation is 1. The van der Waals surface area contributed by atoms with Crippen LogP contribution in [-0.4, -0.2) is 20.0 Å². The van der Waals surface area contributed by atoms with E-state index < -0.39 is 11.9 Å². The summed E-state index contributed by atoms with van der Waals surface area (Å²) in [6.07, 6.45) is 3.82. The Morgan fingerprint density at radius 2 is 1.85 bits per heavy atom. The molecule has 1 unspecified atom stereocenters. The molecule has 27 heavy (non-hydrogen) atoms. The van der Waals surface area contributed by atoms with E-state index in [1.807, 2.05) is 13.0 Å². The van der Waals surface area contributed by atoms with Crippen molar-refractivity contribution in [3.8, 4) is 11.1 Å². The molecule has 0 radical (unpaired) electrons. The highest BCUT2D eigenvalue weighted by molar-refractivity contribution is 6.35. The van der Waals surface area contributed by atoms with Crippen LogP contribution in [0.15, 0.2) is 35.3 Å². The van der Waals surface area contributed by atoms with Crippen LogP contribution in [0.25, 0.3) is 22.3 Å². The number of hydrogen-bond acceptors (Lipinski definition) is 3. The minimum atomic E-state index is -0.722. The van der Waals surface area contributed by atoms with Gasteiger partial charge in [0.2, 0.25) is 5.91 Å². The molecule has 2 heterocycles. The van der Waals surface area contributed by atoms with E-state index in [-0.39, 0.29) is 5.69 Å². The molecule has 0 aliphatic heterocycles. The first kappa shape index (κ1) is 19.5. The van der Waals surface area contributed by atoms with Gasteiger partial charge in [-0.05, 0) is 36.2 Å². The molecule has 6 nitrogen and oxygen atoms in total. The van der Waals surface area contributed by atoms with Crippen LogP contribution in [-0.2, 0) is 11.8 Å². The van der Waals surface area contributed by atoms with E-state index in [0.29, 0.717) is 27.6 Å². The van der Waals surface area contributed by atoms with Gasteiger partial charge in [0.1, 0.15) is 6.04 Å². The average molecular weight is 407 g/mol. The minimum Gasteiger partial charge on any atom is -0.368 e. The van der Waals surface area contributed by atoms with Crippen LogP contribution in [0.3, 0.4) is 0 Å². The Morgan fingerprint density at radius 1 is 1.19 bits per heavy atom. The first-order valence-electron chi connectivity index (χ1n) is 8.66. The summed E-state index contributed by atoms with van der Waals surface area (Å²) in [6, 6.07) is 6.31. The van der Waals surface area contributed by atoms with Gasteiger partial charge in [0.25, 0.3) is 0 Å². The maximum atomic E-state index is 12.8. The summed E-state index contributed by atoms with van der Waals surface area (Å²) < 4.78 is 2.86. The molecule has 0 bridgehead atoms. The maximum Gasteiger partial charge on any atom is 0.330 e. The second-order valence-electron chi connectivity index (χ2n) is 6.50. The number of nitrogens with zero attached hydrogens (tertiary/aromatic N) is 3. The zero-order valence-corrected chi connectivity index (χ0v) is 16.6. The Bertz CT molecular complexity index is 1050. The lowest BCUT2D eigenvalue weighted by atomic mass is 10.1. The molecular formula is C19H20Cl2N4O2. The predicted octanol–water partition coefficient (Wildman–Crippen LogP) is 3.93. The van der Waals surface area contributed by atoms with E-state index in [1.165, 1.54) is 9.13 Å². The Kier molecular flexibility index (Phi) is 5.58. The third-order valence-corrected chi connectivity index (χ3v) is 5.03. The van der Waals surface area contributed by atoms with Gasteiger partial charge in [-0.25, -0.2) is 9.78 Å². The molecule has 3 rings (SSSR count). The molecule has 1 atom stereocenters. The van der Waals surface area contributed by atoms with Gasteiger partial charge in [0, 0.05) is 28.9 Å². The number of carbonyl (C=O) groups excluding carboxylic acids is 1. The number of nitrogens with two attached hydrogens (primary N) is 1. The second kappa shape index (κ2) is 7.74. The first-order valence-corrected chi connectivity index (χ1v) is 9.41. The Balaban J connectivity index is 2.18. The van der Waals surface area contributed by atoms with Crippen molar-refractivity contribution in [2.75, 3.05) is 0 Å². The lowest BCUT2D eigenvalue weighted by molar-refractivity contribution is -0.121. The lowest BCUT2D eigenvalue weighted by Gasteiger charge is -2.14. The smallest absolute Gasteiger partial charge is 0.330 e. The van der Waals surface area contributed by atoms with Crippen molar-refractivity contribution in [3.63, 3.8) is 0 Å². The van der Waals surface area contributed by atoms with E-state index >= 15 is 0 Å². The normalized spacial score (nSPS) is 12.4. The average Bonchev–Trinajstić information content (AvgIpc) is 2.86. The number of primary amides is 1. The highest BCUT2D eigenvalue weighted by Gasteiger charge is 2.24. The predicted molar refractivity (Wildman–Crippen MR) is 108 cm³/mol. The summed E-state index contributed by atoms with van der Waals surface area (Å²) in [5.74, 6) is -0.537. The molecule has 8 heteroatoms. The van der Waals surface area contributed by atoms with Gasteiger partial charge in [-0.15, -0.1) is 0 Å². The molecule has 0 spiro atoms. The van der Waals surface area contributed by atoms with Crippen LogP contribution < -0.4 is 11.4 Å². The molecular weight excluding hydrogens is 387 g/mol. The van der Waals surface area contributed by atoms with Crippen LogP contribution in [0.2, 0.25) is 10.0 Å². The summed E-state index contributed by atoms with van der Waals surface area (Å²) >= 11 is 12.2. The van der Waals surface area contributed by atoms with E-state index in [1.54, 1.807) is 31.4 Å². The van der Waals surface area contributed by atoms with Crippen LogP contribution in [0, 0.1) is 0 Å². The van der Waals surface area contributed by atoms with Crippen LogP contribution in [0.4, 0.5) is 0 Å². The second-order valence-corrected chi connectivity index (χ2v) is 7.37. The van der Waals surface area contributed by atoms with Crippen LogP contribution in [0.1, 0.15) is 32.2 Å². The summed E-state index contributed by atoms with van der Waals surface area (Å²) in [5.41, 5.74) is 7.84. The van der Waals surface area contributed by atoms with Gasteiger partial charge in [-0.3, -0.25) is 13.9 Å². The largest absolute Gasteiger partial charge is 0.368 e. The van der Waals surface area contributed by atoms with Gasteiger partial charge in [0.15, 0.2) is 5.65 Å². The zero-order chi connectivity index (χ0) is 19.7. The zero-order valence-electron chi connectivity index (χ0n) is 15.1. The molecule has 2 N–H and O–H groups in total. The number of imidazole rings is 1. The fourth-order valence-electron chi connectivity index (χ4n) is 3.19. The van der Waals surface area contributed by atoms with Crippen molar-refractivity contribution in [2.24, 2.45) is 12.8 Å². The van der Waals surface area contributed by atoms with Crippen molar-refractivity contribution in [1.29, 1.82) is 0 Å². The molecule has 3 aromatic rings. The minimum absolute atomic E-state index is 0.321. The van der Waals surface area contributed by atoms with Crippen molar-refractivity contribution >= 4 is 40.3 Å². The fourth-order valence-corrected chi connectivity index (χ4v) is 3.72. The lowest BCUT2D eigenvalue weighted by Crippen LogP contribution is -2.34. The third kappa shape index (κ3) is 3.73. The highest BCUT2D eigenvalue weighted by atomic mass is 35.5. The fraction of sp³-hybridized carbons (Fsp3) is 0.316. The summed E-state index contributed by atoms with van der Waals surface area (Å²) in [5, 5.41) is 1.02. The van der Waals surface area contributed by atoms with Crippen molar-refractivity contribution in [1.82, 2.24) is 14.1 Å². The van der Waals surface area contributed by atoms with Crippen molar-refractivity contribution in [3.05, 3.63) is 51.0 Å². The number of aromatic nitrogens is 3. The van der Waals surface area contributed by atoms with Crippen molar-refractivity contribution in [2.45, 2.75) is 32.2 Å². The number of benzene rings is 1. The third-order valence-electron chi connectivity index (χ3n) is 4.60. The van der Waals surface area contributed by atoms with E-state index in [0.717, 1.165) is 24.0 Å². The summed E-state index contributed by atoms with van der Waals surface area (Å²) in [7, 11) is 1.65. The number of rotatable bonds is 6. The van der Waals surface area contributed by atoms with E-state index in [9.17, 15) is 9.59 Å². The molecule has 0 aliphatic rings. The standard InChI is InChI=1S/C19H20Cl2N4O2/c1-3-4-5-15(17(22)26)25-18-16(24(2)19(25)27)8-12(10-23-18)11-6-13(20)9-14(21)7-11/h6-10,15H,3-5H2,1-2H3,(H2,22,26). The Hall–Kier alpha value is -2.31. The molecule has 0 fully saturated rings. The van der Waals surface area contributed by atoms with Crippen LogP contribution >= 0.6 is 23.2 Å². The number of halogens is 2. The molecule has 2 aromatic heterocycles. The monoisotopic (exact) mass is 406 g/mol. The first-order chi connectivity index (χ1) is 12.8. The Morgan fingerprint density at radius 3 is 2.44 bits per heavy atom. The molecule has 1 aromatic carbocycles. The van der Waals surface area contributed by atoms with E-state index in [4.69, 9.17) is 28.9 Å². The number of fused-ring (bicyclic) bond motifs is 1. The molecule has 1 amide bonds. The summed E-state index contributed by atoms with van der Waals surface area (Å²) in [4.78, 5) is 29.2. The van der Waals surface area contributed by atoms with Crippen molar-refractivity contribution < 1.29 is 4.79 Å². The molecule has 142 valence electrons. The van der Waals surface area contributed by atoms with Gasteiger partial charge in [0.05, 0.1) is 5.52 Å². The van der Waals surface area contributed by atoms with Gasteiger partial charge < -0.3 is 5.73 Å². The quantitative estimate of drug-likeness (QED) is 0.672. The van der Waals surface area contributed by atoms with Gasteiger partial charge in [-0.1, -0.05) is 43.0 Å². The van der Waals surface area contributed by atoms with Gasteiger partial charge >= 0.3 is 5.69 Å². The molecule has 0 saturated carbocycles. The number of hydrogen-bond donors (Lipinski definition) is 1. The highest BCUT2D eigenvalue weighted by Crippen LogP contribution is 2.29. The SMILES string of the molecule is CCCCC(C(N)=O)n1c(=O)n(C)c2cc(-c3cc(Cl)cc(Cl)c3)cnc21. The summed E-state index contributed by atoms with van der Waals surface area (Å²) in [6.45, 7) is 2.02. The van der Waals surface area contributed by atoms with Crippen LogP contribution in [0.5, 0.6) is 0 Å². The molecule has 0 saturated heterocycles. The topological polar surface area (TPSA) is 82.9 Å². The number of unbranched alkanes of at least 4 members (excludes halogenated alkanes) is 1. The number of amides is 1. The van der Waals surface area contributed by atoms with E-state index in [2.05, 4.69) is 4.98 Å².